The highest BCUT2D eigenvalue weighted by Crippen LogP contribution is 2.18. The van der Waals surface area contributed by atoms with Crippen LogP contribution in [0.2, 0.25) is 0 Å². The van der Waals surface area contributed by atoms with Crippen LogP contribution in [-0.4, -0.2) is 46.9 Å². The molecular weight excluding hydrogens is 743 g/mol. The Morgan fingerprint density at radius 1 is 0.500 bits per heavy atom. The van der Waals surface area contributed by atoms with Crippen molar-refractivity contribution >= 4 is 11.9 Å². The van der Waals surface area contributed by atoms with Crippen molar-refractivity contribution in [3.63, 3.8) is 0 Å². The maximum absolute atomic E-state index is 13.2. The number of aliphatic hydroxyl groups excluding tert-OH is 2. The highest BCUT2D eigenvalue weighted by atomic mass is 16.5. The maximum Gasteiger partial charge on any atom is 0.306 e. The molecule has 0 heterocycles. The number of carbonyl (C=O) groups excluding carboxylic acids is 2. The second kappa shape index (κ2) is 47.9. The zero-order valence-corrected chi connectivity index (χ0v) is 39.8. The highest BCUT2D eigenvalue weighted by Gasteiger charge is 2.24. The van der Waals surface area contributed by atoms with Crippen LogP contribution in [-0.2, 0) is 14.3 Å². The molecule has 0 aromatic rings. The SMILES string of the molecule is CC/C=C/C=C/C=C/C=C\CCCCCCCC(=O)OC(CCCCCCCCCCCCCCCCC)CC(=O)NC(CO)C(O)CCCCCCCCCCCCC. The molecule has 0 aromatic carbocycles. The topological polar surface area (TPSA) is 95.9 Å². The number of ether oxygens (including phenoxy) is 1. The van der Waals surface area contributed by atoms with Crippen molar-refractivity contribution in [2.45, 2.75) is 277 Å². The number of amides is 1. The first-order valence-electron chi connectivity index (χ1n) is 25.9. The molecule has 3 unspecified atom stereocenters. The zero-order valence-electron chi connectivity index (χ0n) is 39.8. The van der Waals surface area contributed by atoms with Gasteiger partial charge in [-0.25, -0.2) is 0 Å². The molecule has 0 spiro atoms. The lowest BCUT2D eigenvalue weighted by Gasteiger charge is -2.24. The van der Waals surface area contributed by atoms with Gasteiger partial charge in [0.2, 0.25) is 5.91 Å². The molecule has 6 heteroatoms. The van der Waals surface area contributed by atoms with Crippen molar-refractivity contribution < 1.29 is 24.5 Å². The van der Waals surface area contributed by atoms with Gasteiger partial charge in [0.1, 0.15) is 6.10 Å². The summed E-state index contributed by atoms with van der Waals surface area (Å²) in [7, 11) is 0. The summed E-state index contributed by atoms with van der Waals surface area (Å²) in [5.41, 5.74) is 0. The van der Waals surface area contributed by atoms with E-state index in [1.807, 2.05) is 18.2 Å². The molecule has 0 aliphatic carbocycles. The summed E-state index contributed by atoms with van der Waals surface area (Å²) in [4.78, 5) is 26.1. The number of unbranched alkanes of at least 4 members (excludes halogenated alkanes) is 29. The van der Waals surface area contributed by atoms with Gasteiger partial charge in [0.05, 0.1) is 25.2 Å². The molecular formula is C54H99NO5. The van der Waals surface area contributed by atoms with Crippen molar-refractivity contribution in [1.82, 2.24) is 5.32 Å². The van der Waals surface area contributed by atoms with Gasteiger partial charge in [-0.3, -0.25) is 9.59 Å². The fourth-order valence-electron chi connectivity index (χ4n) is 7.85. The van der Waals surface area contributed by atoms with Crippen molar-refractivity contribution in [1.29, 1.82) is 0 Å². The van der Waals surface area contributed by atoms with Gasteiger partial charge in [-0.15, -0.1) is 0 Å². The Labute approximate surface area is 372 Å². The number of hydrogen-bond acceptors (Lipinski definition) is 5. The van der Waals surface area contributed by atoms with Crippen LogP contribution >= 0.6 is 0 Å². The van der Waals surface area contributed by atoms with Crippen LogP contribution in [0.15, 0.2) is 48.6 Å². The molecule has 0 aliphatic rings. The molecule has 0 fully saturated rings. The van der Waals surface area contributed by atoms with E-state index in [2.05, 4.69) is 56.5 Å². The lowest BCUT2D eigenvalue weighted by molar-refractivity contribution is -0.151. The standard InChI is InChI=1S/C54H99NO5/c1-4-7-10-13-16-19-22-24-26-28-31-33-36-39-42-45-50(60-54(59)47-44-41-38-35-32-29-27-25-23-20-17-14-11-8-5-2)48-53(58)55-51(49-56)52(57)46-43-40-37-34-30-21-18-15-12-9-6-3/h8,11,14,17,20,23,25,27,50-52,56-57H,4-7,9-10,12-13,15-16,18-19,21-22,24,26,28-49H2,1-3H3,(H,55,58)/b11-8+,17-14+,23-20+,27-25-. The van der Waals surface area contributed by atoms with E-state index >= 15 is 0 Å². The zero-order chi connectivity index (χ0) is 43.8. The predicted molar refractivity (Wildman–Crippen MR) is 259 cm³/mol. The van der Waals surface area contributed by atoms with Gasteiger partial charge in [-0.2, -0.15) is 0 Å². The van der Waals surface area contributed by atoms with Crippen LogP contribution in [0.25, 0.3) is 0 Å². The van der Waals surface area contributed by atoms with Gasteiger partial charge >= 0.3 is 5.97 Å². The molecule has 0 radical (unpaired) electrons. The Morgan fingerprint density at radius 2 is 0.900 bits per heavy atom. The summed E-state index contributed by atoms with van der Waals surface area (Å²) >= 11 is 0. The maximum atomic E-state index is 13.2. The minimum absolute atomic E-state index is 0.0703. The van der Waals surface area contributed by atoms with Gasteiger partial charge in [-0.1, -0.05) is 249 Å². The molecule has 1 amide bonds. The van der Waals surface area contributed by atoms with E-state index in [1.54, 1.807) is 0 Å². The second-order valence-corrected chi connectivity index (χ2v) is 17.6. The molecule has 60 heavy (non-hydrogen) atoms. The molecule has 3 N–H and O–H groups in total. The first kappa shape index (κ1) is 57.8. The van der Waals surface area contributed by atoms with Gasteiger partial charge in [0, 0.05) is 6.42 Å². The van der Waals surface area contributed by atoms with Crippen LogP contribution in [0.1, 0.15) is 258 Å². The Hall–Kier alpha value is -2.18. The molecule has 0 aromatic heterocycles. The summed E-state index contributed by atoms with van der Waals surface area (Å²) in [5, 5.41) is 23.7. The monoisotopic (exact) mass is 842 g/mol. The quantitative estimate of drug-likeness (QED) is 0.0322. The van der Waals surface area contributed by atoms with Crippen LogP contribution in [0.5, 0.6) is 0 Å². The predicted octanol–water partition coefficient (Wildman–Crippen LogP) is 15.5. The van der Waals surface area contributed by atoms with Gasteiger partial charge in [0.15, 0.2) is 0 Å². The van der Waals surface area contributed by atoms with E-state index in [9.17, 15) is 19.8 Å². The third-order valence-electron chi connectivity index (χ3n) is 11.8. The molecule has 0 aliphatic heterocycles. The Bertz CT molecular complexity index is 1040. The Morgan fingerprint density at radius 3 is 1.37 bits per heavy atom. The lowest BCUT2D eigenvalue weighted by Crippen LogP contribution is -2.46. The first-order valence-corrected chi connectivity index (χ1v) is 25.9. The van der Waals surface area contributed by atoms with Gasteiger partial charge in [0.25, 0.3) is 0 Å². The van der Waals surface area contributed by atoms with Crippen molar-refractivity contribution in [3.8, 4) is 0 Å². The summed E-state index contributed by atoms with van der Waals surface area (Å²) in [6, 6.07) is -0.704. The lowest BCUT2D eigenvalue weighted by atomic mass is 10.0. The van der Waals surface area contributed by atoms with E-state index < -0.39 is 18.2 Å². The largest absolute Gasteiger partial charge is 0.462 e. The van der Waals surface area contributed by atoms with E-state index in [4.69, 9.17) is 4.74 Å². The minimum Gasteiger partial charge on any atom is -0.462 e. The number of allylic oxidation sites excluding steroid dienone is 8. The third-order valence-corrected chi connectivity index (χ3v) is 11.8. The Balaban J connectivity index is 4.61. The summed E-state index contributed by atoms with van der Waals surface area (Å²) < 4.78 is 5.93. The van der Waals surface area contributed by atoms with Crippen molar-refractivity contribution in [3.05, 3.63) is 48.6 Å². The van der Waals surface area contributed by atoms with Crippen LogP contribution in [0.3, 0.4) is 0 Å². The fourth-order valence-corrected chi connectivity index (χ4v) is 7.85. The first-order chi connectivity index (χ1) is 29.5. The van der Waals surface area contributed by atoms with E-state index in [0.717, 1.165) is 77.0 Å². The third kappa shape index (κ3) is 42.5. The number of aliphatic hydroxyl groups is 2. The summed E-state index contributed by atoms with van der Waals surface area (Å²) in [5.74, 6) is -0.492. The normalized spacial score (nSPS) is 13.6. The summed E-state index contributed by atoms with van der Waals surface area (Å²) in [6.07, 6.45) is 57.4. The smallest absolute Gasteiger partial charge is 0.306 e. The highest BCUT2D eigenvalue weighted by molar-refractivity contribution is 5.77. The molecule has 350 valence electrons. The average Bonchev–Trinajstić information content (AvgIpc) is 3.24. The molecule has 0 rings (SSSR count). The van der Waals surface area contributed by atoms with Gasteiger partial charge in [-0.05, 0) is 44.9 Å². The Kier molecular flexibility index (Phi) is 46.1. The number of hydrogen-bond donors (Lipinski definition) is 3. The molecule has 0 saturated heterocycles. The van der Waals surface area contributed by atoms with Gasteiger partial charge < -0.3 is 20.3 Å². The van der Waals surface area contributed by atoms with Crippen molar-refractivity contribution in [2.24, 2.45) is 0 Å². The average molecular weight is 842 g/mol. The molecule has 0 saturated carbocycles. The van der Waals surface area contributed by atoms with Crippen LogP contribution in [0, 0.1) is 0 Å². The number of esters is 1. The number of rotatable bonds is 46. The molecule has 6 nitrogen and oxygen atoms in total. The van der Waals surface area contributed by atoms with Crippen molar-refractivity contribution in [2.75, 3.05) is 6.61 Å². The van der Waals surface area contributed by atoms with Crippen LogP contribution in [0.4, 0.5) is 0 Å². The fraction of sp³-hybridized carbons (Fsp3) is 0.815. The summed E-state index contributed by atoms with van der Waals surface area (Å²) in [6.45, 7) is 6.35. The molecule has 3 atom stereocenters. The van der Waals surface area contributed by atoms with E-state index in [0.29, 0.717) is 19.3 Å². The van der Waals surface area contributed by atoms with E-state index in [1.165, 1.54) is 135 Å². The number of carbonyl (C=O) groups is 2. The van der Waals surface area contributed by atoms with E-state index in [-0.39, 0.29) is 24.9 Å². The van der Waals surface area contributed by atoms with Crippen LogP contribution < -0.4 is 5.32 Å². The minimum atomic E-state index is -0.790. The second-order valence-electron chi connectivity index (χ2n) is 17.6. The number of nitrogens with one attached hydrogen (secondary N) is 1. The molecule has 0 bridgehead atoms.